The van der Waals surface area contributed by atoms with Crippen molar-refractivity contribution in [3.63, 3.8) is 0 Å². The number of ketones is 1. The maximum absolute atomic E-state index is 14.1. The molecule has 1 N–H and O–H groups in total. The van der Waals surface area contributed by atoms with Crippen molar-refractivity contribution in [1.29, 1.82) is 0 Å². The van der Waals surface area contributed by atoms with E-state index in [-0.39, 0.29) is 39.3 Å². The fourth-order valence-electron chi connectivity index (χ4n) is 4.86. The first-order chi connectivity index (χ1) is 19.3. The second-order valence-corrected chi connectivity index (χ2v) is 8.75. The van der Waals surface area contributed by atoms with Gasteiger partial charge in [-0.05, 0) is 36.2 Å². The molecule has 0 bridgehead atoms. The summed E-state index contributed by atoms with van der Waals surface area (Å²) in [5, 5.41) is 12.2. The number of aromatic hydroxyl groups is 1. The predicted molar refractivity (Wildman–Crippen MR) is 150 cm³/mol. The highest BCUT2D eigenvalue weighted by Crippen LogP contribution is 2.53. The molecule has 40 heavy (non-hydrogen) atoms. The fourth-order valence-corrected chi connectivity index (χ4v) is 4.86. The van der Waals surface area contributed by atoms with Gasteiger partial charge in [0.1, 0.15) is 5.75 Å². The monoisotopic (exact) mass is 546 g/mol. The third kappa shape index (κ3) is 4.49. The van der Waals surface area contributed by atoms with E-state index in [1.165, 1.54) is 48.7 Å². The zero-order valence-corrected chi connectivity index (χ0v) is 23.3. The topological polar surface area (TPSA) is 110 Å². The van der Waals surface area contributed by atoms with Crippen molar-refractivity contribution in [3.05, 3.63) is 70.8 Å². The summed E-state index contributed by atoms with van der Waals surface area (Å²) in [6.07, 6.45) is 0. The second-order valence-electron chi connectivity index (χ2n) is 8.75. The second kappa shape index (κ2) is 11.4. The van der Waals surface area contributed by atoms with Gasteiger partial charge in [-0.1, -0.05) is 30.3 Å². The molecule has 0 amide bonds. The summed E-state index contributed by atoms with van der Waals surface area (Å²) in [6.45, 7) is 1.77. The summed E-state index contributed by atoms with van der Waals surface area (Å²) < 4.78 is 33.0. The number of hydrogen-bond donors (Lipinski definition) is 1. The first kappa shape index (κ1) is 28.1. The summed E-state index contributed by atoms with van der Waals surface area (Å²) in [7, 11) is 8.51. The van der Waals surface area contributed by atoms with Crippen LogP contribution in [0.3, 0.4) is 0 Å². The minimum atomic E-state index is -0.837. The molecule has 0 spiro atoms. The van der Waals surface area contributed by atoms with Crippen molar-refractivity contribution < 1.29 is 43.1 Å². The molecule has 0 aromatic heterocycles. The van der Waals surface area contributed by atoms with E-state index in [0.29, 0.717) is 33.6 Å². The van der Waals surface area contributed by atoms with Gasteiger partial charge in [-0.2, -0.15) is 0 Å². The molecule has 9 nitrogen and oxygen atoms in total. The lowest BCUT2D eigenvalue weighted by Crippen LogP contribution is -2.15. The summed E-state index contributed by atoms with van der Waals surface area (Å²) in [5.74, 6) is -0.346. The lowest BCUT2D eigenvalue weighted by Gasteiger charge is -2.23. The van der Waals surface area contributed by atoms with E-state index in [1.54, 1.807) is 49.4 Å². The number of carbonyl (C=O) groups is 2. The van der Waals surface area contributed by atoms with E-state index in [9.17, 15) is 14.7 Å². The lowest BCUT2D eigenvalue weighted by molar-refractivity contribution is 0.0598. The Hall–Kier alpha value is -4.92. The Morgan fingerprint density at radius 2 is 1.35 bits per heavy atom. The number of fused-ring (bicyclic) bond motifs is 1. The quantitative estimate of drug-likeness (QED) is 0.212. The number of aryl methyl sites for hydroxylation is 1. The third-order valence-corrected chi connectivity index (χ3v) is 6.75. The molecule has 4 aromatic rings. The average Bonchev–Trinajstić information content (AvgIpc) is 2.98. The molecule has 0 aliphatic rings. The van der Waals surface area contributed by atoms with Crippen molar-refractivity contribution in [3.8, 4) is 45.6 Å². The highest BCUT2D eigenvalue weighted by atomic mass is 16.5. The molecule has 0 saturated heterocycles. The fraction of sp³-hybridized carbons (Fsp3) is 0.226. The van der Waals surface area contributed by atoms with Crippen LogP contribution < -0.4 is 23.7 Å². The van der Waals surface area contributed by atoms with Crippen LogP contribution in [0.1, 0.15) is 31.8 Å². The smallest absolute Gasteiger partial charge is 0.339 e. The molecule has 0 atom stereocenters. The minimum absolute atomic E-state index is 0.154. The van der Waals surface area contributed by atoms with Gasteiger partial charge >= 0.3 is 5.97 Å². The molecule has 0 unspecified atom stereocenters. The average molecular weight is 547 g/mol. The molecule has 0 aliphatic carbocycles. The summed E-state index contributed by atoms with van der Waals surface area (Å²) in [4.78, 5) is 27.7. The number of ether oxygens (including phenoxy) is 6. The van der Waals surface area contributed by atoms with E-state index in [0.717, 1.165) is 0 Å². The van der Waals surface area contributed by atoms with Gasteiger partial charge in [-0.3, -0.25) is 4.79 Å². The minimum Gasteiger partial charge on any atom is -0.506 e. The van der Waals surface area contributed by atoms with E-state index < -0.39 is 17.5 Å². The molecule has 4 aromatic carbocycles. The Labute approximate surface area is 231 Å². The van der Waals surface area contributed by atoms with Crippen LogP contribution in [0.15, 0.2) is 48.5 Å². The van der Waals surface area contributed by atoms with Gasteiger partial charge in [-0.25, -0.2) is 4.79 Å². The zero-order valence-electron chi connectivity index (χ0n) is 23.3. The Bertz CT molecular complexity index is 1620. The highest BCUT2D eigenvalue weighted by Gasteiger charge is 2.34. The van der Waals surface area contributed by atoms with Crippen LogP contribution in [0.5, 0.6) is 34.5 Å². The van der Waals surface area contributed by atoms with Crippen LogP contribution in [0.2, 0.25) is 0 Å². The number of methoxy groups -OCH3 is 6. The largest absolute Gasteiger partial charge is 0.506 e. The van der Waals surface area contributed by atoms with Gasteiger partial charge in [0.05, 0.1) is 53.8 Å². The number of hydrogen-bond acceptors (Lipinski definition) is 9. The lowest BCUT2D eigenvalue weighted by atomic mass is 9.84. The van der Waals surface area contributed by atoms with Gasteiger partial charge in [0.2, 0.25) is 5.75 Å². The standard InChI is InChI=1S/C31H30O9/c1-16-10-8-9-11-18(16)27(32)26-25(31(34)40-7)23(17-12-13-20(35-2)21(14-17)36-3)24-19(28(26)33)15-22(37-4)29(38-5)30(24)39-6/h8-15,33H,1-7H3. The van der Waals surface area contributed by atoms with E-state index >= 15 is 0 Å². The van der Waals surface area contributed by atoms with E-state index in [1.807, 2.05) is 0 Å². The molecule has 0 fully saturated rings. The number of phenolic OH excluding ortho intramolecular Hbond substituents is 1. The van der Waals surface area contributed by atoms with Gasteiger partial charge < -0.3 is 33.5 Å². The van der Waals surface area contributed by atoms with Crippen LogP contribution in [0, 0.1) is 6.92 Å². The maximum atomic E-state index is 14.1. The highest BCUT2D eigenvalue weighted by molar-refractivity contribution is 6.25. The van der Waals surface area contributed by atoms with Crippen molar-refractivity contribution in [1.82, 2.24) is 0 Å². The Balaban J connectivity index is 2.32. The molecule has 0 saturated carbocycles. The number of esters is 1. The number of benzene rings is 4. The SMILES string of the molecule is COC(=O)c1c(C(=O)c2ccccc2C)c(O)c2cc(OC)c(OC)c(OC)c2c1-c1ccc(OC)c(OC)c1. The van der Waals surface area contributed by atoms with E-state index in [2.05, 4.69) is 0 Å². The van der Waals surface area contributed by atoms with Crippen LogP contribution in [-0.2, 0) is 4.74 Å². The Kier molecular flexibility index (Phi) is 8.04. The van der Waals surface area contributed by atoms with Crippen LogP contribution >= 0.6 is 0 Å². The summed E-state index contributed by atoms with van der Waals surface area (Å²) >= 11 is 0. The van der Waals surface area contributed by atoms with Gasteiger partial charge in [0, 0.05) is 21.9 Å². The normalized spacial score (nSPS) is 10.7. The first-order valence-corrected chi connectivity index (χ1v) is 12.2. The zero-order chi connectivity index (χ0) is 29.1. The Morgan fingerprint density at radius 3 is 1.93 bits per heavy atom. The number of phenols is 1. The maximum Gasteiger partial charge on any atom is 0.339 e. The number of carbonyl (C=O) groups excluding carboxylic acids is 2. The van der Waals surface area contributed by atoms with Crippen LogP contribution in [-0.4, -0.2) is 59.5 Å². The van der Waals surface area contributed by atoms with Crippen molar-refractivity contribution in [2.75, 3.05) is 42.7 Å². The van der Waals surface area contributed by atoms with Gasteiger partial charge in [0.15, 0.2) is 28.8 Å². The van der Waals surface area contributed by atoms with E-state index in [4.69, 9.17) is 28.4 Å². The van der Waals surface area contributed by atoms with Crippen LogP contribution in [0.25, 0.3) is 21.9 Å². The molecule has 4 rings (SSSR count). The van der Waals surface area contributed by atoms with Gasteiger partial charge in [-0.15, -0.1) is 0 Å². The first-order valence-electron chi connectivity index (χ1n) is 12.2. The molecule has 0 aliphatic heterocycles. The molecular formula is C31H30O9. The van der Waals surface area contributed by atoms with Crippen molar-refractivity contribution in [2.24, 2.45) is 0 Å². The summed E-state index contributed by atoms with van der Waals surface area (Å²) in [6, 6.07) is 13.5. The third-order valence-electron chi connectivity index (χ3n) is 6.75. The molecule has 9 heteroatoms. The van der Waals surface area contributed by atoms with Gasteiger partial charge in [0.25, 0.3) is 0 Å². The molecule has 0 radical (unpaired) electrons. The van der Waals surface area contributed by atoms with Crippen molar-refractivity contribution >= 4 is 22.5 Å². The predicted octanol–water partition coefficient (Wildman–Crippen LogP) is 5.58. The van der Waals surface area contributed by atoms with Crippen molar-refractivity contribution in [2.45, 2.75) is 6.92 Å². The summed E-state index contributed by atoms with van der Waals surface area (Å²) in [5.41, 5.74) is 1.32. The number of rotatable bonds is 9. The molecule has 0 heterocycles. The molecule has 208 valence electrons. The van der Waals surface area contributed by atoms with Crippen LogP contribution in [0.4, 0.5) is 0 Å². The Morgan fingerprint density at radius 1 is 0.700 bits per heavy atom. The molecular weight excluding hydrogens is 516 g/mol.